The highest BCUT2D eigenvalue weighted by atomic mass is 19.4. The van der Waals surface area contributed by atoms with Gasteiger partial charge in [-0.05, 0) is 6.42 Å². The first kappa shape index (κ1) is 14.7. The van der Waals surface area contributed by atoms with Crippen molar-refractivity contribution in [2.75, 3.05) is 11.9 Å². The number of anilines is 1. The number of nitro groups is 1. The number of aromatic nitrogens is 1. The number of nitrogens with one attached hydrogen (secondary N) is 1. The molecule has 1 heterocycles. The number of nitrogens with zero attached hydrogens (tertiary/aromatic N) is 3. The third-order valence-electron chi connectivity index (χ3n) is 2.13. The van der Waals surface area contributed by atoms with E-state index in [1.165, 1.54) is 0 Å². The van der Waals surface area contributed by atoms with E-state index in [2.05, 4.69) is 10.3 Å². The van der Waals surface area contributed by atoms with E-state index >= 15 is 0 Å². The van der Waals surface area contributed by atoms with Gasteiger partial charge in [-0.25, -0.2) is 4.98 Å². The normalized spacial score (nSPS) is 10.8. The molecule has 1 rings (SSSR count). The predicted molar refractivity (Wildman–Crippen MR) is 59.4 cm³/mol. The number of hydrogen-bond donors (Lipinski definition) is 1. The predicted octanol–water partition coefficient (Wildman–Crippen LogP) is 2.62. The third-order valence-corrected chi connectivity index (χ3v) is 2.13. The largest absolute Gasteiger partial charge is 0.389 e. The molecular formula is C10H9F3N4O2. The SMILES string of the molecule is N#Cc1cc([N+](=O)[O-])cnc1NCCCC(F)(F)F. The van der Waals surface area contributed by atoms with Crippen LogP contribution in [0, 0.1) is 21.4 Å². The molecule has 1 aromatic rings. The summed E-state index contributed by atoms with van der Waals surface area (Å²) in [5.74, 6) is 0.0373. The molecule has 0 bridgehead atoms. The lowest BCUT2D eigenvalue weighted by Gasteiger charge is -2.08. The molecule has 0 fully saturated rings. The highest BCUT2D eigenvalue weighted by molar-refractivity contribution is 5.55. The standard InChI is InChI=1S/C10H9F3N4O2/c11-10(12,13)2-1-3-15-9-7(5-14)4-8(6-16-9)17(18)19/h4,6H,1-3H2,(H,15,16). The zero-order valence-electron chi connectivity index (χ0n) is 9.57. The van der Waals surface area contributed by atoms with Crippen molar-refractivity contribution in [3.8, 4) is 6.07 Å². The highest BCUT2D eigenvalue weighted by Gasteiger charge is 2.25. The summed E-state index contributed by atoms with van der Waals surface area (Å²) in [4.78, 5) is 13.4. The average molecular weight is 274 g/mol. The summed E-state index contributed by atoms with van der Waals surface area (Å²) in [5, 5.41) is 21.8. The second-order valence-corrected chi connectivity index (χ2v) is 3.60. The Bertz CT molecular complexity index is 510. The van der Waals surface area contributed by atoms with E-state index in [1.54, 1.807) is 6.07 Å². The molecule has 1 aromatic heterocycles. The summed E-state index contributed by atoms with van der Waals surface area (Å²) in [7, 11) is 0. The molecule has 0 unspecified atom stereocenters. The van der Waals surface area contributed by atoms with Gasteiger partial charge < -0.3 is 5.32 Å². The number of halogens is 3. The van der Waals surface area contributed by atoms with Gasteiger partial charge in [0.2, 0.25) is 0 Å². The molecule has 0 amide bonds. The summed E-state index contributed by atoms with van der Waals surface area (Å²) in [5.41, 5.74) is -0.432. The van der Waals surface area contributed by atoms with Gasteiger partial charge in [-0.3, -0.25) is 10.1 Å². The number of nitriles is 1. The zero-order chi connectivity index (χ0) is 14.5. The maximum Gasteiger partial charge on any atom is 0.389 e. The van der Waals surface area contributed by atoms with Crippen molar-refractivity contribution in [2.24, 2.45) is 0 Å². The van der Waals surface area contributed by atoms with Crippen LogP contribution in [0.3, 0.4) is 0 Å². The lowest BCUT2D eigenvalue weighted by atomic mass is 10.2. The number of rotatable bonds is 5. The Morgan fingerprint density at radius 2 is 2.21 bits per heavy atom. The van der Waals surface area contributed by atoms with Gasteiger partial charge in [0.05, 0.1) is 4.92 Å². The highest BCUT2D eigenvalue weighted by Crippen LogP contribution is 2.22. The maximum absolute atomic E-state index is 11.9. The minimum absolute atomic E-state index is 0.0288. The summed E-state index contributed by atoms with van der Waals surface area (Å²) in [6.07, 6.45) is -4.42. The van der Waals surface area contributed by atoms with Crippen LogP contribution in [0.5, 0.6) is 0 Å². The van der Waals surface area contributed by atoms with Crippen LogP contribution in [0.2, 0.25) is 0 Å². The molecule has 0 spiro atoms. The first-order chi connectivity index (χ1) is 8.83. The van der Waals surface area contributed by atoms with Gasteiger partial charge >= 0.3 is 6.18 Å². The Morgan fingerprint density at radius 1 is 1.53 bits per heavy atom. The second-order valence-electron chi connectivity index (χ2n) is 3.60. The van der Waals surface area contributed by atoms with Crippen molar-refractivity contribution in [1.29, 1.82) is 5.26 Å². The Hall–Kier alpha value is -2.37. The van der Waals surface area contributed by atoms with Crippen LogP contribution in [0.1, 0.15) is 18.4 Å². The first-order valence-electron chi connectivity index (χ1n) is 5.18. The van der Waals surface area contributed by atoms with Crippen LogP contribution >= 0.6 is 0 Å². The molecule has 19 heavy (non-hydrogen) atoms. The smallest absolute Gasteiger partial charge is 0.369 e. The summed E-state index contributed by atoms with van der Waals surface area (Å²) in [6, 6.07) is 2.71. The van der Waals surface area contributed by atoms with Crippen LogP contribution in [0.25, 0.3) is 0 Å². The van der Waals surface area contributed by atoms with Crippen molar-refractivity contribution in [1.82, 2.24) is 4.98 Å². The fourth-order valence-electron chi connectivity index (χ4n) is 1.28. The molecule has 9 heteroatoms. The molecule has 0 radical (unpaired) electrons. The van der Waals surface area contributed by atoms with E-state index in [4.69, 9.17) is 5.26 Å². The van der Waals surface area contributed by atoms with Crippen LogP contribution in [0.15, 0.2) is 12.3 Å². The lowest BCUT2D eigenvalue weighted by Crippen LogP contribution is -2.12. The molecule has 0 aliphatic heterocycles. The zero-order valence-corrected chi connectivity index (χ0v) is 9.57. The van der Waals surface area contributed by atoms with Crippen LogP contribution < -0.4 is 5.32 Å². The van der Waals surface area contributed by atoms with Gasteiger partial charge in [0.15, 0.2) is 0 Å². The molecule has 6 nitrogen and oxygen atoms in total. The van der Waals surface area contributed by atoms with Crippen molar-refractivity contribution in [3.63, 3.8) is 0 Å². The number of alkyl halides is 3. The van der Waals surface area contributed by atoms with Crippen LogP contribution in [-0.4, -0.2) is 22.6 Å². The average Bonchev–Trinajstić information content (AvgIpc) is 2.33. The van der Waals surface area contributed by atoms with Gasteiger partial charge in [-0.15, -0.1) is 0 Å². The Labute approximate surface area is 106 Å². The molecule has 0 aliphatic carbocycles. The summed E-state index contributed by atoms with van der Waals surface area (Å²) < 4.78 is 35.7. The second kappa shape index (κ2) is 5.99. The third kappa shape index (κ3) is 4.79. The summed E-state index contributed by atoms with van der Waals surface area (Å²) in [6.45, 7) is -0.0288. The molecule has 0 saturated carbocycles. The molecule has 0 atom stereocenters. The fraction of sp³-hybridized carbons (Fsp3) is 0.400. The minimum atomic E-state index is -4.23. The Balaban J connectivity index is 2.64. The molecular weight excluding hydrogens is 265 g/mol. The molecule has 0 aromatic carbocycles. The van der Waals surface area contributed by atoms with Crippen LogP contribution in [-0.2, 0) is 0 Å². The Kier molecular flexibility index (Phi) is 4.63. The fourth-order valence-corrected chi connectivity index (χ4v) is 1.28. The van der Waals surface area contributed by atoms with Crippen molar-refractivity contribution in [3.05, 3.63) is 27.9 Å². The minimum Gasteiger partial charge on any atom is -0.369 e. The Morgan fingerprint density at radius 3 is 2.74 bits per heavy atom. The molecule has 1 N–H and O–H groups in total. The van der Waals surface area contributed by atoms with E-state index in [-0.39, 0.29) is 30.0 Å². The monoisotopic (exact) mass is 274 g/mol. The van der Waals surface area contributed by atoms with E-state index < -0.39 is 17.5 Å². The number of pyridine rings is 1. The summed E-state index contributed by atoms with van der Waals surface area (Å²) >= 11 is 0. The molecule has 0 saturated heterocycles. The first-order valence-corrected chi connectivity index (χ1v) is 5.18. The topological polar surface area (TPSA) is 91.8 Å². The number of hydrogen-bond acceptors (Lipinski definition) is 5. The maximum atomic E-state index is 11.9. The van der Waals surface area contributed by atoms with Gasteiger partial charge in [0.1, 0.15) is 23.6 Å². The van der Waals surface area contributed by atoms with E-state index in [0.717, 1.165) is 12.3 Å². The van der Waals surface area contributed by atoms with Gasteiger partial charge in [-0.1, -0.05) is 0 Å². The van der Waals surface area contributed by atoms with Crippen LogP contribution in [0.4, 0.5) is 24.7 Å². The van der Waals surface area contributed by atoms with E-state index in [1.807, 2.05) is 0 Å². The van der Waals surface area contributed by atoms with E-state index in [9.17, 15) is 23.3 Å². The lowest BCUT2D eigenvalue weighted by molar-refractivity contribution is -0.385. The van der Waals surface area contributed by atoms with Crippen molar-refractivity contribution in [2.45, 2.75) is 19.0 Å². The quantitative estimate of drug-likeness (QED) is 0.506. The van der Waals surface area contributed by atoms with E-state index in [0.29, 0.717) is 0 Å². The van der Waals surface area contributed by atoms with Crippen molar-refractivity contribution >= 4 is 11.5 Å². The van der Waals surface area contributed by atoms with Crippen molar-refractivity contribution < 1.29 is 18.1 Å². The van der Waals surface area contributed by atoms with Gasteiger partial charge in [-0.2, -0.15) is 18.4 Å². The molecule has 102 valence electrons. The van der Waals surface area contributed by atoms with Gasteiger partial charge in [0, 0.05) is 19.0 Å². The molecule has 0 aliphatic rings. The van der Waals surface area contributed by atoms with Gasteiger partial charge in [0.25, 0.3) is 5.69 Å².